The van der Waals surface area contributed by atoms with Crippen LogP contribution in [0.5, 0.6) is 0 Å². The normalized spacial score (nSPS) is 13.8. The van der Waals surface area contributed by atoms with E-state index in [4.69, 9.17) is 23.6 Å². The lowest BCUT2D eigenvalue weighted by Gasteiger charge is -2.20. The van der Waals surface area contributed by atoms with Crippen LogP contribution in [0, 0.1) is 0 Å². The number of aliphatic hydroxyl groups excluding tert-OH is 2. The maximum atomic E-state index is 12.6. The van der Waals surface area contributed by atoms with Crippen LogP contribution in [0.25, 0.3) is 0 Å². The number of phosphoric acid groups is 1. The number of carbonyl (C=O) groups is 2. The highest BCUT2D eigenvalue weighted by molar-refractivity contribution is 7.47. The molecule has 0 saturated heterocycles. The molecule has 0 aliphatic heterocycles. The average molecular weight is 847 g/mol. The van der Waals surface area contributed by atoms with E-state index in [9.17, 15) is 24.2 Å². The Morgan fingerprint density at radius 2 is 0.845 bits per heavy atom. The van der Waals surface area contributed by atoms with E-state index in [0.717, 1.165) is 57.8 Å². The molecule has 0 aliphatic rings. The number of carbonyl (C=O) groups excluding carboxylic acids is 2. The van der Waals surface area contributed by atoms with Crippen molar-refractivity contribution < 1.29 is 47.8 Å². The molecule has 0 aromatic rings. The number of aliphatic hydroxyl groups is 2. The number of unbranched alkanes of at least 4 members (excludes halogenated alkanes) is 30. The van der Waals surface area contributed by atoms with Crippen LogP contribution in [0.2, 0.25) is 0 Å². The second kappa shape index (κ2) is 43.8. The van der Waals surface area contributed by atoms with Crippen molar-refractivity contribution in [1.82, 2.24) is 0 Å². The van der Waals surface area contributed by atoms with Crippen molar-refractivity contribution in [3.8, 4) is 0 Å². The maximum Gasteiger partial charge on any atom is 0.472 e. The molecule has 0 bridgehead atoms. The number of ether oxygens (including phenoxy) is 2. The predicted octanol–water partition coefficient (Wildman–Crippen LogP) is 13.2. The van der Waals surface area contributed by atoms with E-state index in [1.807, 2.05) is 0 Å². The molecular formula is C47H91O10P. The fraction of sp³-hybridized carbons (Fsp3) is 0.915. The number of hydrogen-bond donors (Lipinski definition) is 3. The Kier molecular flexibility index (Phi) is 42.8. The van der Waals surface area contributed by atoms with Crippen molar-refractivity contribution in [2.75, 3.05) is 26.4 Å². The van der Waals surface area contributed by atoms with Crippen molar-refractivity contribution in [3.05, 3.63) is 12.2 Å². The van der Waals surface area contributed by atoms with E-state index in [1.165, 1.54) is 141 Å². The van der Waals surface area contributed by atoms with Gasteiger partial charge in [0.2, 0.25) is 0 Å². The zero-order valence-electron chi connectivity index (χ0n) is 37.5. The van der Waals surface area contributed by atoms with Crippen molar-refractivity contribution >= 4 is 19.8 Å². The number of rotatable bonds is 46. The van der Waals surface area contributed by atoms with Crippen LogP contribution in [-0.2, 0) is 32.7 Å². The van der Waals surface area contributed by atoms with Gasteiger partial charge in [-0.1, -0.05) is 199 Å². The van der Waals surface area contributed by atoms with Crippen LogP contribution in [0.15, 0.2) is 12.2 Å². The van der Waals surface area contributed by atoms with E-state index in [0.29, 0.717) is 12.8 Å². The van der Waals surface area contributed by atoms with Crippen molar-refractivity contribution in [2.24, 2.45) is 0 Å². The molecule has 0 saturated carbocycles. The molecular weight excluding hydrogens is 755 g/mol. The second-order valence-corrected chi connectivity index (χ2v) is 17.9. The van der Waals surface area contributed by atoms with Gasteiger partial charge in [-0.25, -0.2) is 4.57 Å². The standard InChI is InChI=1S/C47H91O10P/c1-3-5-7-9-11-13-15-17-19-20-21-22-23-25-26-28-30-32-34-36-38-46(50)54-42-45(43-56-58(52,53)55-41-44(49)40-48)57-47(51)39-37-35-33-31-29-27-24-18-16-14-12-10-8-6-4-2/h18,24,44-45,48-49H,3-17,19-23,25-43H2,1-2H3,(H,52,53)/b24-18-/t44-,45+/m0/s1. The molecule has 1 unspecified atom stereocenters. The summed E-state index contributed by atoms with van der Waals surface area (Å²) in [5, 5.41) is 18.4. The molecule has 58 heavy (non-hydrogen) atoms. The SMILES string of the molecule is CCCCCCCC/C=C\CCCCCCCC(=O)O[C@H](COC(=O)CCCCCCCCCCCCCCCCCCCCCC)COP(=O)(O)OC[C@@H](O)CO. The van der Waals surface area contributed by atoms with Gasteiger partial charge in [-0.3, -0.25) is 18.6 Å². The first-order valence-electron chi connectivity index (χ1n) is 24.1. The lowest BCUT2D eigenvalue weighted by Crippen LogP contribution is -2.29. The van der Waals surface area contributed by atoms with Gasteiger partial charge in [0, 0.05) is 12.8 Å². The first kappa shape index (κ1) is 56.7. The first-order valence-corrected chi connectivity index (χ1v) is 25.6. The van der Waals surface area contributed by atoms with Gasteiger partial charge < -0.3 is 24.6 Å². The van der Waals surface area contributed by atoms with Gasteiger partial charge in [0.1, 0.15) is 12.7 Å². The maximum absolute atomic E-state index is 12.6. The summed E-state index contributed by atoms with van der Waals surface area (Å²) in [5.41, 5.74) is 0. The Balaban J connectivity index is 4.17. The van der Waals surface area contributed by atoms with E-state index in [-0.39, 0.29) is 19.4 Å². The Bertz CT molecular complexity index is 977. The van der Waals surface area contributed by atoms with Crippen LogP contribution < -0.4 is 0 Å². The molecule has 0 aromatic heterocycles. The van der Waals surface area contributed by atoms with Crippen LogP contribution >= 0.6 is 7.82 Å². The summed E-state index contributed by atoms with van der Waals surface area (Å²) >= 11 is 0. The van der Waals surface area contributed by atoms with Crippen molar-refractivity contribution in [3.63, 3.8) is 0 Å². The van der Waals surface area contributed by atoms with E-state index >= 15 is 0 Å². The lowest BCUT2D eigenvalue weighted by atomic mass is 10.0. The molecule has 10 nitrogen and oxygen atoms in total. The fourth-order valence-electron chi connectivity index (χ4n) is 6.93. The molecule has 0 fully saturated rings. The molecule has 0 heterocycles. The van der Waals surface area contributed by atoms with Gasteiger partial charge in [-0.2, -0.15) is 0 Å². The highest BCUT2D eigenvalue weighted by Crippen LogP contribution is 2.43. The quantitative estimate of drug-likeness (QED) is 0.0234. The highest BCUT2D eigenvalue weighted by atomic mass is 31.2. The fourth-order valence-corrected chi connectivity index (χ4v) is 7.72. The summed E-state index contributed by atoms with van der Waals surface area (Å²) in [4.78, 5) is 35.1. The first-order chi connectivity index (χ1) is 28.2. The second-order valence-electron chi connectivity index (χ2n) is 16.5. The minimum absolute atomic E-state index is 0.179. The van der Waals surface area contributed by atoms with E-state index < -0.39 is 51.8 Å². The van der Waals surface area contributed by atoms with Crippen LogP contribution in [0.4, 0.5) is 0 Å². The molecule has 3 atom stereocenters. The zero-order valence-corrected chi connectivity index (χ0v) is 38.4. The molecule has 344 valence electrons. The van der Waals surface area contributed by atoms with E-state index in [1.54, 1.807) is 0 Å². The zero-order chi connectivity index (χ0) is 42.6. The molecule has 0 aliphatic carbocycles. The highest BCUT2D eigenvalue weighted by Gasteiger charge is 2.27. The number of esters is 2. The van der Waals surface area contributed by atoms with Gasteiger partial charge >= 0.3 is 19.8 Å². The molecule has 11 heteroatoms. The summed E-state index contributed by atoms with van der Waals surface area (Å²) in [6, 6.07) is 0. The van der Waals surface area contributed by atoms with Crippen LogP contribution in [-0.4, -0.2) is 65.7 Å². The largest absolute Gasteiger partial charge is 0.472 e. The van der Waals surface area contributed by atoms with Crippen LogP contribution in [0.1, 0.15) is 239 Å². The summed E-state index contributed by atoms with van der Waals surface area (Å²) < 4.78 is 32.8. The number of hydrogen-bond acceptors (Lipinski definition) is 9. The predicted molar refractivity (Wildman–Crippen MR) is 238 cm³/mol. The summed E-state index contributed by atoms with van der Waals surface area (Å²) in [5.74, 6) is -0.920. The molecule has 0 aromatic carbocycles. The Labute approximate surface area is 356 Å². The third-order valence-electron chi connectivity index (χ3n) is 10.7. The Morgan fingerprint density at radius 1 is 0.500 bits per heavy atom. The minimum Gasteiger partial charge on any atom is -0.462 e. The van der Waals surface area contributed by atoms with Gasteiger partial charge in [0.15, 0.2) is 6.10 Å². The summed E-state index contributed by atoms with van der Waals surface area (Å²) in [7, 11) is -4.62. The Hall–Kier alpha value is -1.29. The summed E-state index contributed by atoms with van der Waals surface area (Å²) in [6.45, 7) is 2.41. The van der Waals surface area contributed by atoms with Crippen molar-refractivity contribution in [1.29, 1.82) is 0 Å². The molecule has 0 spiro atoms. The molecule has 0 amide bonds. The number of phosphoric ester groups is 1. The van der Waals surface area contributed by atoms with E-state index in [2.05, 4.69) is 26.0 Å². The van der Waals surface area contributed by atoms with Gasteiger partial charge in [-0.05, 0) is 38.5 Å². The lowest BCUT2D eigenvalue weighted by molar-refractivity contribution is -0.161. The monoisotopic (exact) mass is 847 g/mol. The molecule has 0 radical (unpaired) electrons. The Morgan fingerprint density at radius 3 is 1.24 bits per heavy atom. The molecule has 3 N–H and O–H groups in total. The smallest absolute Gasteiger partial charge is 0.462 e. The average Bonchev–Trinajstić information content (AvgIpc) is 3.21. The van der Waals surface area contributed by atoms with Gasteiger partial charge in [0.25, 0.3) is 0 Å². The minimum atomic E-state index is -4.62. The summed E-state index contributed by atoms with van der Waals surface area (Å²) in [6.07, 6.45) is 43.2. The van der Waals surface area contributed by atoms with Gasteiger partial charge in [0.05, 0.1) is 19.8 Å². The molecule has 0 rings (SSSR count). The van der Waals surface area contributed by atoms with Crippen molar-refractivity contribution in [2.45, 2.75) is 251 Å². The van der Waals surface area contributed by atoms with Crippen LogP contribution in [0.3, 0.4) is 0 Å². The third kappa shape index (κ3) is 42.8. The number of allylic oxidation sites excluding steroid dienone is 2. The van der Waals surface area contributed by atoms with Gasteiger partial charge in [-0.15, -0.1) is 0 Å². The third-order valence-corrected chi connectivity index (χ3v) is 11.6. The topological polar surface area (TPSA) is 149 Å².